The van der Waals surface area contributed by atoms with Gasteiger partial charge in [0.15, 0.2) is 0 Å². The zero-order valence-corrected chi connectivity index (χ0v) is 9.66. The maximum absolute atomic E-state index is 11.6. The number of nitrogens with one attached hydrogen (secondary N) is 1. The first kappa shape index (κ1) is 11.6. The lowest BCUT2D eigenvalue weighted by Gasteiger charge is -2.17. The first-order valence-corrected chi connectivity index (χ1v) is 4.95. The molecule has 0 radical (unpaired) electrons. The van der Waals surface area contributed by atoms with Crippen molar-refractivity contribution in [3.63, 3.8) is 0 Å². The number of hydrogen-bond acceptors (Lipinski definition) is 3. The molecule has 0 aliphatic carbocycles. The second kappa shape index (κ2) is 4.38. The zero-order valence-electron chi connectivity index (χ0n) is 9.66. The summed E-state index contributed by atoms with van der Waals surface area (Å²) in [6, 6.07) is 1.86. The summed E-state index contributed by atoms with van der Waals surface area (Å²) >= 11 is 0. The highest BCUT2D eigenvalue weighted by Crippen LogP contribution is 2.12. The van der Waals surface area contributed by atoms with E-state index in [0.29, 0.717) is 6.54 Å². The van der Waals surface area contributed by atoms with Crippen molar-refractivity contribution < 1.29 is 4.79 Å². The van der Waals surface area contributed by atoms with Gasteiger partial charge in [-0.3, -0.25) is 4.79 Å². The van der Waals surface area contributed by atoms with Gasteiger partial charge in [0.25, 0.3) is 0 Å². The highest BCUT2D eigenvalue weighted by Gasteiger charge is 2.20. The Balaban J connectivity index is 2.55. The molecule has 1 heterocycles. The Hall–Kier alpha value is -1.45. The number of nitrogens with zero attached hydrogens (tertiary/aromatic N) is 2. The van der Waals surface area contributed by atoms with Gasteiger partial charge in [0.2, 0.25) is 5.91 Å². The van der Waals surface area contributed by atoms with Gasteiger partial charge < -0.3 is 5.32 Å². The second-order valence-corrected chi connectivity index (χ2v) is 4.58. The van der Waals surface area contributed by atoms with E-state index in [1.54, 1.807) is 0 Å². The van der Waals surface area contributed by atoms with Crippen LogP contribution in [0.4, 0.5) is 0 Å². The molecule has 0 fully saturated rings. The largest absolute Gasteiger partial charge is 0.350 e. The van der Waals surface area contributed by atoms with Gasteiger partial charge in [0, 0.05) is 11.1 Å². The Labute approximate surface area is 90.1 Å². The first-order valence-electron chi connectivity index (χ1n) is 4.95. The van der Waals surface area contributed by atoms with E-state index in [2.05, 4.69) is 15.3 Å². The fourth-order valence-electron chi connectivity index (χ4n) is 1.04. The molecule has 0 aromatic carbocycles. The van der Waals surface area contributed by atoms with Crippen LogP contribution >= 0.6 is 0 Å². The SMILES string of the molecule is Cc1cc(CNC(=O)C(C)(C)C)ncn1. The van der Waals surface area contributed by atoms with Crippen LogP contribution in [0.2, 0.25) is 0 Å². The molecule has 4 heteroatoms. The summed E-state index contributed by atoms with van der Waals surface area (Å²) in [4.78, 5) is 19.6. The number of aryl methyl sites for hydroxylation is 1. The Morgan fingerprint density at radius 1 is 1.40 bits per heavy atom. The molecular formula is C11H17N3O. The van der Waals surface area contributed by atoms with Crippen molar-refractivity contribution in [3.05, 3.63) is 23.8 Å². The van der Waals surface area contributed by atoms with Crippen LogP contribution in [0.15, 0.2) is 12.4 Å². The zero-order chi connectivity index (χ0) is 11.5. The van der Waals surface area contributed by atoms with Crippen LogP contribution in [0.5, 0.6) is 0 Å². The van der Waals surface area contributed by atoms with E-state index in [-0.39, 0.29) is 11.3 Å². The normalized spacial score (nSPS) is 11.2. The third kappa shape index (κ3) is 3.65. The maximum Gasteiger partial charge on any atom is 0.225 e. The van der Waals surface area contributed by atoms with Crippen molar-refractivity contribution >= 4 is 5.91 Å². The van der Waals surface area contributed by atoms with E-state index < -0.39 is 0 Å². The fourth-order valence-corrected chi connectivity index (χ4v) is 1.04. The van der Waals surface area contributed by atoms with E-state index in [0.717, 1.165) is 11.4 Å². The monoisotopic (exact) mass is 207 g/mol. The number of carbonyl (C=O) groups is 1. The van der Waals surface area contributed by atoms with Gasteiger partial charge in [-0.15, -0.1) is 0 Å². The molecule has 82 valence electrons. The summed E-state index contributed by atoms with van der Waals surface area (Å²) in [6.07, 6.45) is 1.51. The van der Waals surface area contributed by atoms with Crippen molar-refractivity contribution in [1.29, 1.82) is 0 Å². The molecule has 0 aliphatic rings. The van der Waals surface area contributed by atoms with E-state index in [4.69, 9.17) is 0 Å². The minimum absolute atomic E-state index is 0.0266. The van der Waals surface area contributed by atoms with E-state index in [1.807, 2.05) is 33.8 Å². The van der Waals surface area contributed by atoms with Crippen molar-refractivity contribution in [2.24, 2.45) is 5.41 Å². The quantitative estimate of drug-likeness (QED) is 0.798. The molecule has 0 aliphatic heterocycles. The van der Waals surface area contributed by atoms with Gasteiger partial charge in [-0.2, -0.15) is 0 Å². The van der Waals surface area contributed by atoms with Gasteiger partial charge in [-0.05, 0) is 13.0 Å². The van der Waals surface area contributed by atoms with Crippen LogP contribution in [-0.4, -0.2) is 15.9 Å². The van der Waals surface area contributed by atoms with Crippen LogP contribution in [0.3, 0.4) is 0 Å². The van der Waals surface area contributed by atoms with Crippen LogP contribution in [0.25, 0.3) is 0 Å². The molecule has 0 spiro atoms. The first-order chi connectivity index (χ1) is 6.89. The lowest BCUT2D eigenvalue weighted by molar-refractivity contribution is -0.128. The maximum atomic E-state index is 11.6. The molecule has 1 amide bonds. The molecule has 0 atom stereocenters. The number of carbonyl (C=O) groups excluding carboxylic acids is 1. The molecule has 0 saturated heterocycles. The molecule has 0 unspecified atom stereocenters. The topological polar surface area (TPSA) is 54.9 Å². The summed E-state index contributed by atoms with van der Waals surface area (Å²) in [6.45, 7) is 8.00. The van der Waals surface area contributed by atoms with Crippen LogP contribution < -0.4 is 5.32 Å². The third-order valence-electron chi connectivity index (χ3n) is 1.97. The van der Waals surface area contributed by atoms with Gasteiger partial charge in [0.1, 0.15) is 6.33 Å². The number of hydrogen-bond donors (Lipinski definition) is 1. The van der Waals surface area contributed by atoms with Crippen LogP contribution in [0, 0.1) is 12.3 Å². The smallest absolute Gasteiger partial charge is 0.225 e. The van der Waals surface area contributed by atoms with E-state index in [1.165, 1.54) is 6.33 Å². The van der Waals surface area contributed by atoms with Crippen LogP contribution in [0.1, 0.15) is 32.2 Å². The van der Waals surface area contributed by atoms with Crippen molar-refractivity contribution in [1.82, 2.24) is 15.3 Å². The lowest BCUT2D eigenvalue weighted by atomic mass is 9.96. The summed E-state index contributed by atoms with van der Waals surface area (Å²) in [5.74, 6) is 0.0266. The van der Waals surface area contributed by atoms with E-state index in [9.17, 15) is 4.79 Å². The minimum Gasteiger partial charge on any atom is -0.350 e. The summed E-state index contributed by atoms with van der Waals surface area (Å²) in [5.41, 5.74) is 1.38. The van der Waals surface area contributed by atoms with Crippen molar-refractivity contribution in [2.45, 2.75) is 34.2 Å². The molecule has 0 bridgehead atoms. The Kier molecular flexibility index (Phi) is 3.39. The summed E-state index contributed by atoms with van der Waals surface area (Å²) in [7, 11) is 0. The number of rotatable bonds is 2. The van der Waals surface area contributed by atoms with Gasteiger partial charge in [0.05, 0.1) is 12.2 Å². The van der Waals surface area contributed by atoms with Gasteiger partial charge in [-0.25, -0.2) is 9.97 Å². The summed E-state index contributed by atoms with van der Waals surface area (Å²) in [5, 5.41) is 2.84. The molecule has 15 heavy (non-hydrogen) atoms. The van der Waals surface area contributed by atoms with Crippen LogP contribution in [-0.2, 0) is 11.3 Å². The minimum atomic E-state index is -0.359. The van der Waals surface area contributed by atoms with E-state index >= 15 is 0 Å². The predicted octanol–water partition coefficient (Wildman–Crippen LogP) is 1.45. The number of aromatic nitrogens is 2. The molecule has 1 aromatic rings. The number of amides is 1. The van der Waals surface area contributed by atoms with Crippen molar-refractivity contribution in [2.75, 3.05) is 0 Å². The molecule has 1 rings (SSSR count). The average molecular weight is 207 g/mol. The fraction of sp³-hybridized carbons (Fsp3) is 0.545. The predicted molar refractivity (Wildman–Crippen MR) is 58.1 cm³/mol. The lowest BCUT2D eigenvalue weighted by Crippen LogP contribution is -2.34. The highest BCUT2D eigenvalue weighted by molar-refractivity contribution is 5.81. The second-order valence-electron chi connectivity index (χ2n) is 4.58. The Morgan fingerprint density at radius 2 is 2.07 bits per heavy atom. The Morgan fingerprint density at radius 3 is 2.60 bits per heavy atom. The third-order valence-corrected chi connectivity index (χ3v) is 1.97. The molecule has 0 saturated carbocycles. The van der Waals surface area contributed by atoms with Gasteiger partial charge in [-0.1, -0.05) is 20.8 Å². The standard InChI is InChI=1S/C11H17N3O/c1-8-5-9(14-7-13-8)6-12-10(15)11(2,3)4/h5,7H,6H2,1-4H3,(H,12,15). The Bertz CT molecular complexity index is 355. The molecule has 1 aromatic heterocycles. The van der Waals surface area contributed by atoms with Gasteiger partial charge >= 0.3 is 0 Å². The summed E-state index contributed by atoms with van der Waals surface area (Å²) < 4.78 is 0. The molecular weight excluding hydrogens is 190 g/mol. The molecule has 4 nitrogen and oxygen atoms in total. The average Bonchev–Trinajstić information content (AvgIpc) is 2.12. The highest BCUT2D eigenvalue weighted by atomic mass is 16.2. The molecule has 1 N–H and O–H groups in total. The van der Waals surface area contributed by atoms with Crippen molar-refractivity contribution in [3.8, 4) is 0 Å².